The third kappa shape index (κ3) is 4.71. The van der Waals surface area contributed by atoms with E-state index in [4.69, 9.17) is 15.6 Å². The summed E-state index contributed by atoms with van der Waals surface area (Å²) >= 11 is 0. The minimum Gasteiger partial charge on any atom is -0.496 e. The van der Waals surface area contributed by atoms with Gasteiger partial charge in [0.2, 0.25) is 5.95 Å². The molecular formula is C21H30N6O. The van der Waals surface area contributed by atoms with Crippen molar-refractivity contribution in [3.63, 3.8) is 0 Å². The molecule has 150 valence electrons. The molecule has 0 aliphatic heterocycles. The maximum absolute atomic E-state index is 5.96. The molecule has 0 amide bonds. The van der Waals surface area contributed by atoms with Gasteiger partial charge in [-0.1, -0.05) is 51.3 Å². The lowest BCUT2D eigenvalue weighted by molar-refractivity contribution is 0.407. The monoisotopic (exact) mass is 382 g/mol. The smallest absolute Gasteiger partial charge is 0.222 e. The molecule has 0 saturated heterocycles. The summed E-state index contributed by atoms with van der Waals surface area (Å²) in [5.41, 5.74) is 8.52. The number of benzene rings is 1. The summed E-state index contributed by atoms with van der Waals surface area (Å²) in [4.78, 5) is 8.81. The topological polar surface area (TPSA) is 90.9 Å². The standard InChI is InChI=1S/C21H30N6O/c1-4-6-11-16(9-5-2)23-20-19-17(24-21(22)25-20)14-27(26-19)13-15-10-7-8-12-18(15)28-3/h7-8,10,12,14,16H,4-6,9,11,13H2,1-3H3,(H3,22,23,24,25). The zero-order valence-electron chi connectivity index (χ0n) is 17.0. The zero-order chi connectivity index (χ0) is 19.9. The van der Waals surface area contributed by atoms with E-state index in [1.165, 1.54) is 12.8 Å². The molecule has 28 heavy (non-hydrogen) atoms. The van der Waals surface area contributed by atoms with E-state index in [0.29, 0.717) is 12.6 Å². The first-order valence-corrected chi connectivity index (χ1v) is 10.0. The fourth-order valence-electron chi connectivity index (χ4n) is 3.45. The number of hydrogen-bond donors (Lipinski definition) is 2. The van der Waals surface area contributed by atoms with E-state index in [0.717, 1.165) is 47.4 Å². The molecule has 3 N–H and O–H groups in total. The zero-order valence-corrected chi connectivity index (χ0v) is 17.0. The number of rotatable bonds is 10. The van der Waals surface area contributed by atoms with E-state index in [-0.39, 0.29) is 5.95 Å². The molecule has 0 spiro atoms. The van der Waals surface area contributed by atoms with Crippen LogP contribution in [0.3, 0.4) is 0 Å². The highest BCUT2D eigenvalue weighted by Gasteiger charge is 2.15. The van der Waals surface area contributed by atoms with E-state index >= 15 is 0 Å². The van der Waals surface area contributed by atoms with Crippen molar-refractivity contribution in [2.45, 2.75) is 58.5 Å². The fourth-order valence-corrected chi connectivity index (χ4v) is 3.45. The van der Waals surface area contributed by atoms with Crippen LogP contribution in [0.2, 0.25) is 0 Å². The summed E-state index contributed by atoms with van der Waals surface area (Å²) in [6, 6.07) is 8.30. The van der Waals surface area contributed by atoms with Crippen LogP contribution in [-0.4, -0.2) is 32.9 Å². The number of nitrogens with zero attached hydrogens (tertiary/aromatic N) is 4. The molecule has 7 nitrogen and oxygen atoms in total. The predicted octanol–water partition coefficient (Wildman–Crippen LogP) is 4.24. The van der Waals surface area contributed by atoms with Crippen LogP contribution in [0, 0.1) is 0 Å². The van der Waals surface area contributed by atoms with Crippen LogP contribution < -0.4 is 15.8 Å². The van der Waals surface area contributed by atoms with E-state index in [9.17, 15) is 0 Å². The molecule has 3 rings (SSSR count). The van der Waals surface area contributed by atoms with Crippen LogP contribution in [0.25, 0.3) is 11.0 Å². The van der Waals surface area contributed by atoms with Gasteiger partial charge >= 0.3 is 0 Å². The van der Waals surface area contributed by atoms with Crippen molar-refractivity contribution in [3.8, 4) is 5.75 Å². The van der Waals surface area contributed by atoms with Crippen LogP contribution >= 0.6 is 0 Å². The summed E-state index contributed by atoms with van der Waals surface area (Å²) in [7, 11) is 1.68. The van der Waals surface area contributed by atoms with Crippen molar-refractivity contribution in [1.82, 2.24) is 19.7 Å². The number of anilines is 2. The molecule has 1 atom stereocenters. The van der Waals surface area contributed by atoms with Crippen molar-refractivity contribution in [1.29, 1.82) is 0 Å². The molecular weight excluding hydrogens is 352 g/mol. The Morgan fingerprint density at radius 1 is 1.14 bits per heavy atom. The van der Waals surface area contributed by atoms with Crippen LogP contribution in [0.5, 0.6) is 5.75 Å². The molecule has 0 fully saturated rings. The summed E-state index contributed by atoms with van der Waals surface area (Å²) in [6.45, 7) is 5.00. The number of ether oxygens (including phenoxy) is 1. The summed E-state index contributed by atoms with van der Waals surface area (Å²) in [5.74, 6) is 1.82. The number of nitrogens with one attached hydrogen (secondary N) is 1. The molecule has 0 aliphatic carbocycles. The van der Waals surface area contributed by atoms with Gasteiger partial charge in [-0.2, -0.15) is 10.1 Å². The average molecular weight is 383 g/mol. The van der Waals surface area contributed by atoms with Crippen molar-refractivity contribution in [3.05, 3.63) is 36.0 Å². The highest BCUT2D eigenvalue weighted by Crippen LogP contribution is 2.24. The Hall–Kier alpha value is -2.83. The van der Waals surface area contributed by atoms with Gasteiger partial charge in [0.25, 0.3) is 0 Å². The molecule has 2 heterocycles. The van der Waals surface area contributed by atoms with Gasteiger partial charge in [-0.25, -0.2) is 4.98 Å². The minimum absolute atomic E-state index is 0.262. The van der Waals surface area contributed by atoms with Crippen LogP contribution in [-0.2, 0) is 6.54 Å². The second-order valence-electron chi connectivity index (χ2n) is 7.07. The summed E-state index contributed by atoms with van der Waals surface area (Å²) < 4.78 is 7.31. The van der Waals surface area contributed by atoms with Gasteiger partial charge in [-0.15, -0.1) is 0 Å². The van der Waals surface area contributed by atoms with Gasteiger partial charge in [0, 0.05) is 11.6 Å². The van der Waals surface area contributed by atoms with E-state index < -0.39 is 0 Å². The highest BCUT2D eigenvalue weighted by molar-refractivity contribution is 5.85. The predicted molar refractivity (Wildman–Crippen MR) is 114 cm³/mol. The Labute approximate surface area is 166 Å². The van der Waals surface area contributed by atoms with Crippen LogP contribution in [0.1, 0.15) is 51.5 Å². The van der Waals surface area contributed by atoms with Crippen LogP contribution in [0.15, 0.2) is 30.5 Å². The number of nitrogens with two attached hydrogens (primary N) is 1. The van der Waals surface area contributed by atoms with Crippen molar-refractivity contribution >= 4 is 22.8 Å². The first-order chi connectivity index (χ1) is 13.6. The Morgan fingerprint density at radius 3 is 2.71 bits per heavy atom. The third-order valence-electron chi connectivity index (χ3n) is 4.84. The molecule has 3 aromatic rings. The molecule has 7 heteroatoms. The number of aromatic nitrogens is 4. The maximum atomic E-state index is 5.96. The molecule has 2 aromatic heterocycles. The first kappa shape index (κ1) is 19.9. The highest BCUT2D eigenvalue weighted by atomic mass is 16.5. The molecule has 0 aliphatic rings. The van der Waals surface area contributed by atoms with Gasteiger partial charge in [0.1, 0.15) is 11.3 Å². The Morgan fingerprint density at radius 2 is 1.96 bits per heavy atom. The molecule has 1 unspecified atom stereocenters. The molecule has 0 bridgehead atoms. The summed E-state index contributed by atoms with van der Waals surface area (Å²) in [5, 5.41) is 8.30. The van der Waals surface area contributed by atoms with E-state index in [1.807, 2.05) is 35.1 Å². The van der Waals surface area contributed by atoms with Gasteiger partial charge < -0.3 is 15.8 Å². The quantitative estimate of drug-likeness (QED) is 0.545. The number of para-hydroxylation sites is 1. The lowest BCUT2D eigenvalue weighted by Crippen LogP contribution is -2.20. The van der Waals surface area contributed by atoms with Gasteiger partial charge in [0.05, 0.1) is 19.9 Å². The largest absolute Gasteiger partial charge is 0.496 e. The Bertz CT molecular complexity index is 907. The second kappa shape index (κ2) is 9.39. The maximum Gasteiger partial charge on any atom is 0.222 e. The van der Waals surface area contributed by atoms with Gasteiger partial charge in [-0.05, 0) is 18.9 Å². The summed E-state index contributed by atoms with van der Waals surface area (Å²) in [6.07, 6.45) is 7.59. The van der Waals surface area contributed by atoms with Crippen molar-refractivity contribution in [2.24, 2.45) is 0 Å². The molecule has 0 saturated carbocycles. The van der Waals surface area contributed by atoms with E-state index in [2.05, 4.69) is 29.1 Å². The second-order valence-corrected chi connectivity index (χ2v) is 7.07. The lowest BCUT2D eigenvalue weighted by Gasteiger charge is -2.18. The van der Waals surface area contributed by atoms with Gasteiger partial charge in [-0.3, -0.25) is 4.68 Å². The molecule has 1 aromatic carbocycles. The van der Waals surface area contributed by atoms with Gasteiger partial charge in [0.15, 0.2) is 11.3 Å². The number of unbranched alkanes of at least 4 members (excludes halogenated alkanes) is 1. The van der Waals surface area contributed by atoms with Crippen molar-refractivity contribution in [2.75, 3.05) is 18.2 Å². The number of nitrogen functional groups attached to an aromatic ring is 1. The lowest BCUT2D eigenvalue weighted by atomic mass is 10.1. The SMILES string of the molecule is CCCCC(CCC)Nc1nc(N)nc2cn(Cc3ccccc3OC)nc12. The Kier molecular flexibility index (Phi) is 6.68. The minimum atomic E-state index is 0.262. The fraction of sp³-hybridized carbons (Fsp3) is 0.476. The number of hydrogen-bond acceptors (Lipinski definition) is 6. The normalized spacial score (nSPS) is 12.2. The van der Waals surface area contributed by atoms with E-state index in [1.54, 1.807) is 7.11 Å². The number of fused-ring (bicyclic) bond motifs is 1. The first-order valence-electron chi connectivity index (χ1n) is 10.0. The molecule has 0 radical (unpaired) electrons. The number of methoxy groups -OCH3 is 1. The van der Waals surface area contributed by atoms with Crippen molar-refractivity contribution < 1.29 is 4.74 Å². The van der Waals surface area contributed by atoms with Crippen LogP contribution in [0.4, 0.5) is 11.8 Å². The Balaban J connectivity index is 1.89. The third-order valence-corrected chi connectivity index (χ3v) is 4.84. The average Bonchev–Trinajstić information content (AvgIpc) is 3.09.